The Bertz CT molecular complexity index is 500. The van der Waals surface area contributed by atoms with Gasteiger partial charge < -0.3 is 11.1 Å². The van der Waals surface area contributed by atoms with Gasteiger partial charge in [0.15, 0.2) is 5.96 Å². The minimum Gasteiger partial charge on any atom is -0.370 e. The van der Waals surface area contributed by atoms with Gasteiger partial charge >= 0.3 is 0 Å². The molecule has 2 rings (SSSR count). The van der Waals surface area contributed by atoms with Gasteiger partial charge in [0.25, 0.3) is 0 Å². The fraction of sp³-hybridized carbons (Fsp3) is 0.933. The number of nitrogens with zero attached hydrogens (tertiary/aromatic N) is 3. The van der Waals surface area contributed by atoms with Gasteiger partial charge in [0, 0.05) is 32.2 Å². The van der Waals surface area contributed by atoms with Crippen molar-refractivity contribution in [2.75, 3.05) is 45.5 Å². The fourth-order valence-corrected chi connectivity index (χ4v) is 4.35. The van der Waals surface area contributed by atoms with E-state index in [1.807, 2.05) is 0 Å². The molecule has 0 spiro atoms. The molecule has 23 heavy (non-hydrogen) atoms. The Morgan fingerprint density at radius 3 is 2.57 bits per heavy atom. The lowest BCUT2D eigenvalue weighted by molar-refractivity contribution is 0.267. The van der Waals surface area contributed by atoms with E-state index in [4.69, 9.17) is 5.73 Å². The van der Waals surface area contributed by atoms with Crippen LogP contribution in [-0.2, 0) is 10.0 Å². The first-order valence-corrected chi connectivity index (χ1v) is 10.5. The summed E-state index contributed by atoms with van der Waals surface area (Å²) in [7, 11) is -3.05. The maximum atomic E-state index is 11.5. The lowest BCUT2D eigenvalue weighted by atomic mass is 9.98. The van der Waals surface area contributed by atoms with Crippen molar-refractivity contribution in [3.63, 3.8) is 0 Å². The maximum Gasteiger partial charge on any atom is 0.211 e. The minimum atomic E-state index is -3.05. The number of piperidine rings is 1. The van der Waals surface area contributed by atoms with Crippen molar-refractivity contribution in [1.82, 2.24) is 14.5 Å². The van der Waals surface area contributed by atoms with Gasteiger partial charge in [0.1, 0.15) is 0 Å². The van der Waals surface area contributed by atoms with Crippen LogP contribution in [0.15, 0.2) is 4.99 Å². The largest absolute Gasteiger partial charge is 0.370 e. The average molecular weight is 346 g/mol. The number of sulfonamides is 1. The Balaban J connectivity index is 1.69. The molecule has 7 nitrogen and oxygen atoms in total. The summed E-state index contributed by atoms with van der Waals surface area (Å²) in [6.07, 6.45) is 5.47. The van der Waals surface area contributed by atoms with Gasteiger partial charge in [-0.05, 0) is 44.7 Å². The zero-order valence-electron chi connectivity index (χ0n) is 14.4. The molecular weight excluding hydrogens is 314 g/mol. The molecule has 0 aromatic carbocycles. The number of hydrogen-bond acceptors (Lipinski definition) is 4. The molecule has 0 aromatic rings. The molecule has 0 radical (unpaired) electrons. The molecule has 0 aromatic heterocycles. The van der Waals surface area contributed by atoms with Crippen LogP contribution in [0, 0.1) is 5.92 Å². The third-order valence-electron chi connectivity index (χ3n) is 4.99. The number of likely N-dealkylation sites (N-methyl/N-ethyl adjacent to an activating group) is 1. The SMILES string of the molecule is CCN1CCCC1CNC(N)=NCC1CCN(S(C)(=O)=O)CC1. The number of hydrogen-bond donors (Lipinski definition) is 2. The van der Waals surface area contributed by atoms with Crippen LogP contribution >= 0.6 is 0 Å². The molecule has 0 saturated carbocycles. The van der Waals surface area contributed by atoms with Crippen LogP contribution in [0.5, 0.6) is 0 Å². The molecular formula is C15H31N5O2S. The van der Waals surface area contributed by atoms with Crippen LogP contribution in [0.25, 0.3) is 0 Å². The summed E-state index contributed by atoms with van der Waals surface area (Å²) in [5.41, 5.74) is 5.97. The van der Waals surface area contributed by atoms with Crippen LogP contribution in [0.3, 0.4) is 0 Å². The highest BCUT2D eigenvalue weighted by atomic mass is 32.2. The van der Waals surface area contributed by atoms with E-state index < -0.39 is 10.0 Å². The Hall–Kier alpha value is -0.860. The van der Waals surface area contributed by atoms with Crippen LogP contribution in [0.4, 0.5) is 0 Å². The Labute approximate surface area is 140 Å². The first-order valence-electron chi connectivity index (χ1n) is 8.63. The van der Waals surface area contributed by atoms with Crippen molar-refractivity contribution >= 4 is 16.0 Å². The Kier molecular flexibility index (Phi) is 6.67. The maximum absolute atomic E-state index is 11.5. The van der Waals surface area contributed by atoms with E-state index in [2.05, 4.69) is 22.1 Å². The van der Waals surface area contributed by atoms with Crippen molar-refractivity contribution in [3.05, 3.63) is 0 Å². The molecule has 0 bridgehead atoms. The normalized spacial score (nSPS) is 25.8. The van der Waals surface area contributed by atoms with Gasteiger partial charge in [-0.15, -0.1) is 0 Å². The standard InChI is InChI=1S/C15H31N5O2S/c1-3-19-8-4-5-14(19)12-18-15(16)17-11-13-6-9-20(10-7-13)23(2,21)22/h13-14H,3-12H2,1-2H3,(H3,16,17,18). The monoisotopic (exact) mass is 345 g/mol. The van der Waals surface area contributed by atoms with E-state index in [0.29, 0.717) is 37.6 Å². The number of rotatable bonds is 6. The molecule has 0 aliphatic carbocycles. The van der Waals surface area contributed by atoms with Gasteiger partial charge in [-0.2, -0.15) is 0 Å². The second kappa shape index (κ2) is 8.30. The van der Waals surface area contributed by atoms with Crippen molar-refractivity contribution < 1.29 is 8.42 Å². The topological polar surface area (TPSA) is 91.0 Å². The van der Waals surface area contributed by atoms with Gasteiger partial charge in [-0.3, -0.25) is 9.89 Å². The van der Waals surface area contributed by atoms with Crippen LogP contribution < -0.4 is 11.1 Å². The fourth-order valence-electron chi connectivity index (χ4n) is 3.47. The minimum absolute atomic E-state index is 0.423. The van der Waals surface area contributed by atoms with E-state index in [9.17, 15) is 8.42 Å². The summed E-state index contributed by atoms with van der Waals surface area (Å²) in [4.78, 5) is 6.92. The van der Waals surface area contributed by atoms with Crippen LogP contribution in [0.1, 0.15) is 32.6 Å². The van der Waals surface area contributed by atoms with Crippen molar-refractivity contribution in [2.24, 2.45) is 16.6 Å². The first-order chi connectivity index (χ1) is 10.9. The van der Waals surface area contributed by atoms with Crippen LogP contribution in [-0.4, -0.2) is 75.1 Å². The highest BCUT2D eigenvalue weighted by Gasteiger charge is 2.25. The lowest BCUT2D eigenvalue weighted by Gasteiger charge is -2.29. The second-order valence-electron chi connectivity index (χ2n) is 6.64. The van der Waals surface area contributed by atoms with E-state index in [1.54, 1.807) is 4.31 Å². The predicted molar refractivity (Wildman–Crippen MR) is 93.9 cm³/mol. The molecule has 0 amide bonds. The summed E-state index contributed by atoms with van der Waals surface area (Å²) >= 11 is 0. The Morgan fingerprint density at radius 2 is 1.96 bits per heavy atom. The number of likely N-dealkylation sites (tertiary alicyclic amines) is 1. The highest BCUT2D eigenvalue weighted by Crippen LogP contribution is 2.19. The number of guanidine groups is 1. The third-order valence-corrected chi connectivity index (χ3v) is 6.29. The molecule has 8 heteroatoms. The summed E-state index contributed by atoms with van der Waals surface area (Å²) < 4.78 is 24.5. The molecule has 1 unspecified atom stereocenters. The molecule has 2 saturated heterocycles. The summed E-state index contributed by atoms with van der Waals surface area (Å²) in [5, 5.41) is 3.24. The molecule has 3 N–H and O–H groups in total. The number of aliphatic imine (C=N–C) groups is 1. The van der Waals surface area contributed by atoms with E-state index in [-0.39, 0.29) is 0 Å². The predicted octanol–water partition coefficient (Wildman–Crippen LogP) is 0.0466. The zero-order chi connectivity index (χ0) is 16.9. The quantitative estimate of drug-likeness (QED) is 0.524. The van der Waals surface area contributed by atoms with Gasteiger partial charge in [-0.1, -0.05) is 6.92 Å². The van der Waals surface area contributed by atoms with Gasteiger partial charge in [0.2, 0.25) is 10.0 Å². The smallest absolute Gasteiger partial charge is 0.211 e. The van der Waals surface area contributed by atoms with Crippen molar-refractivity contribution in [2.45, 2.75) is 38.6 Å². The first kappa shape index (κ1) is 18.5. The van der Waals surface area contributed by atoms with E-state index in [0.717, 1.165) is 25.9 Å². The highest BCUT2D eigenvalue weighted by molar-refractivity contribution is 7.88. The molecule has 2 aliphatic heterocycles. The van der Waals surface area contributed by atoms with E-state index in [1.165, 1.54) is 25.6 Å². The molecule has 134 valence electrons. The summed E-state index contributed by atoms with van der Waals surface area (Å²) in [5.74, 6) is 0.936. The zero-order valence-corrected chi connectivity index (χ0v) is 15.2. The summed E-state index contributed by atoms with van der Waals surface area (Å²) in [6.45, 7) is 7.19. The number of nitrogens with one attached hydrogen (secondary N) is 1. The number of nitrogens with two attached hydrogens (primary N) is 1. The molecule has 1 atom stereocenters. The third kappa shape index (κ3) is 5.61. The van der Waals surface area contributed by atoms with Crippen LogP contribution in [0.2, 0.25) is 0 Å². The summed E-state index contributed by atoms with van der Waals surface area (Å²) in [6, 6.07) is 0.562. The van der Waals surface area contributed by atoms with E-state index >= 15 is 0 Å². The van der Waals surface area contributed by atoms with Gasteiger partial charge in [0.05, 0.1) is 6.26 Å². The van der Waals surface area contributed by atoms with Gasteiger partial charge in [-0.25, -0.2) is 12.7 Å². The lowest BCUT2D eigenvalue weighted by Crippen LogP contribution is -2.43. The molecule has 2 fully saturated rings. The molecule has 2 aliphatic rings. The average Bonchev–Trinajstić information content (AvgIpc) is 2.98. The van der Waals surface area contributed by atoms with Crippen molar-refractivity contribution in [3.8, 4) is 0 Å². The molecule has 2 heterocycles. The Morgan fingerprint density at radius 1 is 1.26 bits per heavy atom. The van der Waals surface area contributed by atoms with Crippen molar-refractivity contribution in [1.29, 1.82) is 0 Å². The second-order valence-corrected chi connectivity index (χ2v) is 8.62.